The zero-order chi connectivity index (χ0) is 41.3. The number of fused-ring (bicyclic) bond motifs is 6. The van der Waals surface area contributed by atoms with Crippen LogP contribution in [-0.2, 0) is 26.7 Å². The Hall–Kier alpha value is -1.38. The van der Waals surface area contributed by atoms with Crippen molar-refractivity contribution in [2.24, 2.45) is 60.3 Å². The molecule has 5 aliphatic rings. The number of allylic oxidation sites excluding steroid dienone is 6. The van der Waals surface area contributed by atoms with Crippen molar-refractivity contribution < 1.29 is 42.2 Å². The number of halogens is 1. The van der Waals surface area contributed by atoms with Crippen molar-refractivity contribution >= 4 is 43.7 Å². The van der Waals surface area contributed by atoms with E-state index in [1.54, 1.807) is 0 Å². The molecule has 0 saturated carbocycles. The number of nitrogens with zero attached hydrogens (tertiary/aromatic N) is 4. The van der Waals surface area contributed by atoms with Crippen LogP contribution in [0.5, 0.6) is 0 Å². The third kappa shape index (κ3) is 8.93. The predicted octanol–water partition coefficient (Wildman–Crippen LogP) is 13.8. The first-order chi connectivity index (χ1) is 25.8. The zero-order valence-corrected chi connectivity index (χ0v) is 42.1. The Morgan fingerprint density at radius 1 is 0.810 bits per heavy atom. The minimum atomic E-state index is -0.713. The molecule has 0 aliphatic carbocycles. The van der Waals surface area contributed by atoms with Crippen LogP contribution in [0, 0.1) is 52.8 Å². The summed E-state index contributed by atoms with van der Waals surface area (Å²) in [4.78, 5) is 30.5. The number of carbonyl (C=O) groups is 1. The van der Waals surface area contributed by atoms with Crippen molar-refractivity contribution in [1.82, 2.24) is 0 Å². The molecule has 9 atom stereocenters. The van der Waals surface area contributed by atoms with Crippen LogP contribution in [0.25, 0.3) is 5.32 Å². The van der Waals surface area contributed by atoms with Crippen LogP contribution in [0.1, 0.15) is 174 Å². The van der Waals surface area contributed by atoms with E-state index in [2.05, 4.69) is 120 Å². The molecule has 0 aromatic heterocycles. The van der Waals surface area contributed by atoms with Gasteiger partial charge in [-0.1, -0.05) is 134 Å². The van der Waals surface area contributed by atoms with Crippen molar-refractivity contribution in [3.63, 3.8) is 0 Å². The van der Waals surface area contributed by atoms with Gasteiger partial charge in [0.1, 0.15) is 0 Å². The topological polar surface area (TPSA) is 138 Å². The van der Waals surface area contributed by atoms with Crippen LogP contribution >= 0.6 is 22.6 Å². The smallest absolute Gasteiger partial charge is 0.680 e. The summed E-state index contributed by atoms with van der Waals surface area (Å²) < 4.78 is -0.713. The molecule has 1 unspecified atom stereocenters. The normalized spacial score (nSPS) is 34.4. The maximum Gasteiger partial charge on any atom is 2.00 e. The summed E-state index contributed by atoms with van der Waals surface area (Å²) in [6, 6.07) is 0.131. The van der Waals surface area contributed by atoms with E-state index in [0.717, 1.165) is 70.6 Å². The minimum absolute atomic E-state index is 0. The molecule has 0 spiro atoms. The van der Waals surface area contributed by atoms with E-state index in [4.69, 9.17) is 25.6 Å². The summed E-state index contributed by atoms with van der Waals surface area (Å²) in [6.45, 7) is 36.5. The Kier molecular flexibility index (Phi) is 19.9. The van der Waals surface area contributed by atoms with E-state index in [0.29, 0.717) is 23.7 Å². The molecule has 5 heterocycles. The number of carbonyl (C=O) groups excluding carboxylic acids is 1. The van der Waals surface area contributed by atoms with Gasteiger partial charge >= 0.3 is 20.8 Å². The van der Waals surface area contributed by atoms with Crippen LogP contribution in [-0.4, -0.2) is 43.4 Å². The molecule has 9 nitrogen and oxygen atoms in total. The van der Waals surface area contributed by atoms with Gasteiger partial charge in [-0.3, -0.25) is 19.9 Å². The summed E-state index contributed by atoms with van der Waals surface area (Å²) in [7, 11) is 0. The van der Waals surface area contributed by atoms with E-state index in [9.17, 15) is 4.79 Å². The molecule has 5 rings (SSSR count). The van der Waals surface area contributed by atoms with Crippen LogP contribution in [0.4, 0.5) is 4.79 Å². The quantitative estimate of drug-likeness (QED) is 0.0684. The summed E-state index contributed by atoms with van der Waals surface area (Å²) in [5.74, 6) is 1.57. The summed E-state index contributed by atoms with van der Waals surface area (Å²) in [6.07, 6.45) is 14.9. The first-order valence-electron chi connectivity index (χ1n) is 21.6. The maximum absolute atomic E-state index is 9.52. The Balaban J connectivity index is 0.00000174. The molecule has 1 radical (unpaired) electrons. The third-order valence-electron chi connectivity index (χ3n) is 15.5. The second-order valence-corrected chi connectivity index (χ2v) is 19.5. The van der Waals surface area contributed by atoms with Gasteiger partial charge in [0, 0.05) is 62.7 Å². The molecule has 1 saturated heterocycles. The van der Waals surface area contributed by atoms with E-state index in [1.807, 2.05) is 0 Å². The van der Waals surface area contributed by atoms with E-state index in [1.165, 1.54) is 68.0 Å². The van der Waals surface area contributed by atoms with Crippen molar-refractivity contribution in [1.29, 1.82) is 0 Å². The van der Waals surface area contributed by atoms with Gasteiger partial charge in [0.05, 0.1) is 22.6 Å². The molecule has 0 aromatic rings. The fourth-order valence-corrected chi connectivity index (χ4v) is 12.0. The molecule has 333 valence electrons. The summed E-state index contributed by atoms with van der Waals surface area (Å²) in [5.41, 5.74) is 10.0. The SMILES string of the molecule is CCC[C@@H]1C2=C(C)C3=NC([C@H](CC)[C@@]3(C)CCC)[C@]3(C)[N-]C(=C(C)C4=NC(=CC(=N2)C1(C)C)[C@@H](CCC)[C@]4(C)CC)[C@@H](CCC)[C@]3(C)CC.O.O=C(I)OOO.[CH3-].[Co+2]. The Morgan fingerprint density at radius 2 is 1.38 bits per heavy atom. The maximum atomic E-state index is 9.52. The standard InChI is InChI=1S/C45H73N4.CHIO4.CH3.Co.H2O/c1-16-23-31-34-27-35-41(10,11)32(24-17-2)36(47-35)28(8)39-43(13,26-19-4)30(20-5)40(48-39)45(15)44(14,22-7)33(25-18-3)37(49-45)29(9)38(46-34)42(31,12)21-6;2-1(3)5-6-4;;;/h27,30-33,40H,16-26H2,1-15H3;4H;1H3;;1H2/q-1;;-1;+2;/t30-,31+,32+,33+,40?,42-,43+,44-,45-;;;;/m0..../s1. The second kappa shape index (κ2) is 21.1. The fraction of sp³-hybridized carbons (Fsp3) is 0.766. The Morgan fingerprint density at radius 3 is 1.84 bits per heavy atom. The van der Waals surface area contributed by atoms with Crippen molar-refractivity contribution in [2.75, 3.05) is 0 Å². The molecular weight excluding hydrogens is 886 g/mol. The average Bonchev–Trinajstić information content (AvgIpc) is 3.75. The van der Waals surface area contributed by atoms with Crippen LogP contribution in [0.15, 0.2) is 49.3 Å². The number of rotatable bonds is 12. The molecular formula is C47H79CoIN4O5. The van der Waals surface area contributed by atoms with Gasteiger partial charge in [-0.15, -0.1) is 0 Å². The predicted molar refractivity (Wildman–Crippen MR) is 248 cm³/mol. The van der Waals surface area contributed by atoms with Crippen molar-refractivity contribution in [3.8, 4) is 0 Å². The van der Waals surface area contributed by atoms with Gasteiger partial charge in [0.15, 0.2) is 0 Å². The van der Waals surface area contributed by atoms with Gasteiger partial charge < -0.3 is 18.2 Å². The van der Waals surface area contributed by atoms with E-state index < -0.39 is 3.98 Å². The zero-order valence-electron chi connectivity index (χ0n) is 38.9. The van der Waals surface area contributed by atoms with Gasteiger partial charge in [-0.05, 0) is 85.5 Å². The molecule has 11 heteroatoms. The van der Waals surface area contributed by atoms with Crippen molar-refractivity contribution in [3.05, 3.63) is 47.1 Å². The number of hydrogen-bond donors (Lipinski definition) is 1. The van der Waals surface area contributed by atoms with Crippen LogP contribution < -0.4 is 0 Å². The van der Waals surface area contributed by atoms with Gasteiger partial charge in [0.25, 0.3) is 0 Å². The van der Waals surface area contributed by atoms with E-state index >= 15 is 0 Å². The molecule has 0 amide bonds. The molecule has 8 bridgehead atoms. The van der Waals surface area contributed by atoms with Crippen LogP contribution in [0.2, 0.25) is 0 Å². The monoisotopic (exact) mass is 965 g/mol. The number of hydrogen-bond acceptors (Lipinski definition) is 7. The van der Waals surface area contributed by atoms with Gasteiger partial charge in [0.2, 0.25) is 0 Å². The van der Waals surface area contributed by atoms with E-state index in [-0.39, 0.29) is 62.9 Å². The van der Waals surface area contributed by atoms with Gasteiger partial charge in [-0.25, -0.2) is 10.1 Å². The minimum Gasteiger partial charge on any atom is -0.680 e. The third-order valence-corrected chi connectivity index (χ3v) is 15.7. The Labute approximate surface area is 377 Å². The fourth-order valence-electron chi connectivity index (χ4n) is 11.9. The first-order valence-corrected chi connectivity index (χ1v) is 22.7. The van der Waals surface area contributed by atoms with Gasteiger partial charge in [-0.2, -0.15) is 5.70 Å². The molecule has 0 aromatic carbocycles. The van der Waals surface area contributed by atoms with Crippen LogP contribution in [0.3, 0.4) is 0 Å². The molecule has 58 heavy (non-hydrogen) atoms. The second-order valence-electron chi connectivity index (χ2n) is 18.6. The average molecular weight is 966 g/mol. The molecule has 3 N–H and O–H groups in total. The first kappa shape index (κ1) is 54.6. The largest absolute Gasteiger partial charge is 2.00 e. The Bertz CT molecular complexity index is 1650. The summed E-state index contributed by atoms with van der Waals surface area (Å²) >= 11 is 1.30. The number of aliphatic imine (C=N–C) groups is 3. The molecule has 5 aliphatic heterocycles. The van der Waals surface area contributed by atoms with Crippen molar-refractivity contribution in [2.45, 2.75) is 186 Å². The molecule has 1 fully saturated rings. The summed E-state index contributed by atoms with van der Waals surface area (Å²) in [5, 5.41) is 16.3.